The lowest BCUT2D eigenvalue weighted by molar-refractivity contribution is -0.141. The molecular weight excluding hydrogens is 320 g/mol. The molecule has 0 saturated carbocycles. The summed E-state index contributed by atoms with van der Waals surface area (Å²) < 4.78 is 7.14. The zero-order valence-electron chi connectivity index (χ0n) is 14.9. The second kappa shape index (κ2) is 6.58. The minimum atomic E-state index is -1.04. The monoisotopic (exact) mass is 342 g/mol. The second-order valence-electron chi connectivity index (χ2n) is 6.30. The Labute approximate surface area is 146 Å². The van der Waals surface area contributed by atoms with Crippen LogP contribution in [0.1, 0.15) is 30.2 Å². The first-order valence-electron chi connectivity index (χ1n) is 8.09. The van der Waals surface area contributed by atoms with Crippen LogP contribution in [0.2, 0.25) is 0 Å². The van der Waals surface area contributed by atoms with E-state index in [1.54, 1.807) is 24.9 Å². The van der Waals surface area contributed by atoms with E-state index in [1.807, 2.05) is 38.2 Å². The normalized spacial score (nSPS) is 19.3. The molecule has 1 atom stereocenters. The summed E-state index contributed by atoms with van der Waals surface area (Å²) >= 11 is 0. The van der Waals surface area contributed by atoms with Gasteiger partial charge in [-0.15, -0.1) is 0 Å². The van der Waals surface area contributed by atoms with Crippen LogP contribution in [0.25, 0.3) is 0 Å². The molecule has 1 aliphatic rings. The Morgan fingerprint density at radius 2 is 2.20 bits per heavy atom. The standard InChI is InChI=1S/C18H22N4O3/c1-12-13(11-20-22(12)3)10-19-17(23)18(2)9-15(21-25-18)14-7-5-6-8-16(14)24-4/h5-8,11H,9-10H2,1-4H3,(H,19,23)/t18-/m1/s1. The van der Waals surface area contributed by atoms with Crippen LogP contribution in [0.3, 0.4) is 0 Å². The van der Waals surface area contributed by atoms with Crippen molar-refractivity contribution in [2.24, 2.45) is 12.2 Å². The number of amides is 1. The van der Waals surface area contributed by atoms with E-state index in [4.69, 9.17) is 9.57 Å². The smallest absolute Gasteiger partial charge is 0.267 e. The number of nitrogens with one attached hydrogen (secondary N) is 1. The molecule has 1 aromatic carbocycles. The Bertz CT molecular complexity index is 827. The number of rotatable bonds is 5. The Hall–Kier alpha value is -2.83. The molecule has 1 aliphatic heterocycles. The first-order valence-corrected chi connectivity index (χ1v) is 8.09. The van der Waals surface area contributed by atoms with Gasteiger partial charge >= 0.3 is 0 Å². The fourth-order valence-corrected chi connectivity index (χ4v) is 2.77. The Kier molecular flexibility index (Phi) is 4.48. The summed E-state index contributed by atoms with van der Waals surface area (Å²) in [5.74, 6) is 0.505. The number of methoxy groups -OCH3 is 1. The number of para-hydroxylation sites is 1. The Morgan fingerprint density at radius 3 is 2.88 bits per heavy atom. The minimum absolute atomic E-state index is 0.204. The van der Waals surface area contributed by atoms with E-state index < -0.39 is 5.60 Å². The van der Waals surface area contributed by atoms with Crippen molar-refractivity contribution >= 4 is 11.6 Å². The highest BCUT2D eigenvalue weighted by molar-refractivity contribution is 6.07. The quantitative estimate of drug-likeness (QED) is 0.901. The summed E-state index contributed by atoms with van der Waals surface area (Å²) in [6.45, 7) is 4.11. The lowest BCUT2D eigenvalue weighted by Crippen LogP contribution is -2.44. The number of nitrogens with zero attached hydrogens (tertiary/aromatic N) is 3. The molecule has 2 heterocycles. The number of aromatic nitrogens is 2. The molecule has 1 amide bonds. The van der Waals surface area contributed by atoms with E-state index in [0.29, 0.717) is 24.4 Å². The third-order valence-electron chi connectivity index (χ3n) is 4.54. The number of carbonyl (C=O) groups excluding carboxylic acids is 1. The molecule has 25 heavy (non-hydrogen) atoms. The maximum Gasteiger partial charge on any atom is 0.267 e. The van der Waals surface area contributed by atoms with Crippen LogP contribution in [0, 0.1) is 6.92 Å². The van der Waals surface area contributed by atoms with Gasteiger partial charge in [0.05, 0.1) is 19.0 Å². The third-order valence-corrected chi connectivity index (χ3v) is 4.54. The lowest BCUT2D eigenvalue weighted by atomic mass is 9.94. The number of oxime groups is 1. The zero-order valence-corrected chi connectivity index (χ0v) is 14.9. The molecule has 1 N–H and O–H groups in total. The van der Waals surface area contributed by atoms with Crippen LogP contribution in [0.5, 0.6) is 5.75 Å². The van der Waals surface area contributed by atoms with Gasteiger partial charge in [-0.1, -0.05) is 17.3 Å². The van der Waals surface area contributed by atoms with Crippen LogP contribution in [-0.4, -0.2) is 34.1 Å². The van der Waals surface area contributed by atoms with E-state index in [-0.39, 0.29) is 5.91 Å². The number of benzene rings is 1. The van der Waals surface area contributed by atoms with Crippen molar-refractivity contribution in [2.45, 2.75) is 32.4 Å². The highest BCUT2D eigenvalue weighted by Crippen LogP contribution is 2.30. The van der Waals surface area contributed by atoms with Gasteiger partial charge in [-0.2, -0.15) is 5.10 Å². The van der Waals surface area contributed by atoms with Gasteiger partial charge < -0.3 is 14.9 Å². The molecule has 3 rings (SSSR count). The van der Waals surface area contributed by atoms with Gasteiger partial charge in [-0.3, -0.25) is 9.48 Å². The van der Waals surface area contributed by atoms with Gasteiger partial charge in [0, 0.05) is 36.8 Å². The fraction of sp³-hybridized carbons (Fsp3) is 0.389. The van der Waals surface area contributed by atoms with E-state index in [9.17, 15) is 4.79 Å². The van der Waals surface area contributed by atoms with E-state index >= 15 is 0 Å². The summed E-state index contributed by atoms with van der Waals surface area (Å²) in [5.41, 5.74) is 2.50. The van der Waals surface area contributed by atoms with Crippen molar-refractivity contribution < 1.29 is 14.4 Å². The molecule has 0 saturated heterocycles. The number of hydrogen-bond donors (Lipinski definition) is 1. The summed E-state index contributed by atoms with van der Waals surface area (Å²) in [6.07, 6.45) is 2.13. The van der Waals surface area contributed by atoms with Crippen molar-refractivity contribution in [3.05, 3.63) is 47.3 Å². The Morgan fingerprint density at radius 1 is 1.44 bits per heavy atom. The molecular formula is C18H22N4O3. The first-order chi connectivity index (χ1) is 11.9. The molecule has 0 aliphatic carbocycles. The second-order valence-corrected chi connectivity index (χ2v) is 6.30. The number of hydrogen-bond acceptors (Lipinski definition) is 5. The van der Waals surface area contributed by atoms with Crippen LogP contribution in [-0.2, 0) is 23.2 Å². The molecule has 7 heteroatoms. The van der Waals surface area contributed by atoms with Gasteiger partial charge in [-0.05, 0) is 26.0 Å². The SMILES string of the molecule is COc1ccccc1C1=NO[C@@](C)(C(=O)NCc2cnn(C)c2C)C1. The van der Waals surface area contributed by atoms with Crippen molar-refractivity contribution in [1.82, 2.24) is 15.1 Å². The fourth-order valence-electron chi connectivity index (χ4n) is 2.77. The topological polar surface area (TPSA) is 77.7 Å². The average molecular weight is 342 g/mol. The van der Waals surface area contributed by atoms with Gasteiger partial charge in [0.25, 0.3) is 5.91 Å². The molecule has 0 spiro atoms. The summed E-state index contributed by atoms with van der Waals surface area (Å²) in [4.78, 5) is 18.1. The summed E-state index contributed by atoms with van der Waals surface area (Å²) in [7, 11) is 3.48. The van der Waals surface area contributed by atoms with Crippen molar-refractivity contribution in [3.8, 4) is 5.75 Å². The molecule has 0 fully saturated rings. The molecule has 7 nitrogen and oxygen atoms in total. The van der Waals surface area contributed by atoms with Crippen LogP contribution in [0.15, 0.2) is 35.6 Å². The first kappa shape index (κ1) is 17.0. The number of carbonyl (C=O) groups is 1. The van der Waals surface area contributed by atoms with Crippen molar-refractivity contribution in [1.29, 1.82) is 0 Å². The van der Waals surface area contributed by atoms with Crippen LogP contribution < -0.4 is 10.1 Å². The zero-order chi connectivity index (χ0) is 18.0. The summed E-state index contributed by atoms with van der Waals surface area (Å²) in [5, 5.41) is 11.2. The van der Waals surface area contributed by atoms with Crippen LogP contribution >= 0.6 is 0 Å². The highest BCUT2D eigenvalue weighted by atomic mass is 16.7. The lowest BCUT2D eigenvalue weighted by Gasteiger charge is -2.20. The maximum absolute atomic E-state index is 12.6. The molecule has 0 radical (unpaired) electrons. The predicted octanol–water partition coefficient (Wildman–Crippen LogP) is 1.94. The van der Waals surface area contributed by atoms with E-state index in [2.05, 4.69) is 15.6 Å². The molecule has 0 unspecified atom stereocenters. The third kappa shape index (κ3) is 3.22. The largest absolute Gasteiger partial charge is 0.496 e. The molecule has 1 aromatic heterocycles. The van der Waals surface area contributed by atoms with E-state index in [0.717, 1.165) is 16.8 Å². The molecule has 132 valence electrons. The number of ether oxygens (including phenoxy) is 1. The van der Waals surface area contributed by atoms with Crippen molar-refractivity contribution in [3.63, 3.8) is 0 Å². The average Bonchev–Trinajstić information content (AvgIpc) is 3.17. The van der Waals surface area contributed by atoms with Gasteiger partial charge in [0.15, 0.2) is 0 Å². The number of aryl methyl sites for hydroxylation is 1. The summed E-state index contributed by atoms with van der Waals surface area (Å²) in [6, 6.07) is 7.56. The molecule has 0 bridgehead atoms. The van der Waals surface area contributed by atoms with Gasteiger partial charge in [0.2, 0.25) is 5.60 Å². The van der Waals surface area contributed by atoms with Crippen LogP contribution in [0.4, 0.5) is 0 Å². The van der Waals surface area contributed by atoms with E-state index in [1.165, 1.54) is 0 Å². The molecule has 2 aromatic rings. The highest BCUT2D eigenvalue weighted by Gasteiger charge is 2.42. The van der Waals surface area contributed by atoms with Gasteiger partial charge in [0.1, 0.15) is 5.75 Å². The maximum atomic E-state index is 12.6. The van der Waals surface area contributed by atoms with Crippen molar-refractivity contribution in [2.75, 3.05) is 7.11 Å². The predicted molar refractivity (Wildman–Crippen MR) is 93.4 cm³/mol. The minimum Gasteiger partial charge on any atom is -0.496 e. The Balaban J connectivity index is 1.67. The van der Waals surface area contributed by atoms with Gasteiger partial charge in [-0.25, -0.2) is 0 Å².